The molecule has 1 aliphatic rings. The molecule has 0 radical (unpaired) electrons. The van der Waals surface area contributed by atoms with E-state index in [0.717, 1.165) is 17.1 Å². The predicted molar refractivity (Wildman–Crippen MR) is 77.1 cm³/mol. The van der Waals surface area contributed by atoms with Gasteiger partial charge in [-0.15, -0.1) is 0 Å². The number of hydrogen-bond acceptors (Lipinski definition) is 5. The number of carbonyl (C=O) groups is 3. The second-order valence-electron chi connectivity index (χ2n) is 5.28. The van der Waals surface area contributed by atoms with Crippen molar-refractivity contribution in [1.29, 1.82) is 0 Å². The minimum absolute atomic E-state index is 0.168. The molecule has 1 heterocycles. The highest BCUT2D eigenvalue weighted by atomic mass is 16.4. The van der Waals surface area contributed by atoms with E-state index >= 15 is 0 Å². The van der Waals surface area contributed by atoms with Gasteiger partial charge < -0.3 is 16.6 Å². The molecule has 0 saturated carbocycles. The molecule has 118 valence electrons. The average Bonchev–Trinajstić information content (AvgIpc) is 2.75. The molecule has 7 heteroatoms. The molecule has 7 nitrogen and oxygen atoms in total. The Hall–Kier alpha value is -1.73. The Morgan fingerprint density at radius 2 is 1.90 bits per heavy atom. The van der Waals surface area contributed by atoms with Crippen molar-refractivity contribution >= 4 is 17.8 Å². The monoisotopic (exact) mass is 297 g/mol. The summed E-state index contributed by atoms with van der Waals surface area (Å²) in [5, 5.41) is 9.54. The summed E-state index contributed by atoms with van der Waals surface area (Å²) < 4.78 is 0. The lowest BCUT2D eigenvalue weighted by molar-refractivity contribution is -0.151. The first kappa shape index (κ1) is 17.3. The summed E-state index contributed by atoms with van der Waals surface area (Å²) in [7, 11) is 0. The Balaban J connectivity index is 3.05. The van der Waals surface area contributed by atoms with Crippen LogP contribution in [0, 0.1) is 0 Å². The number of rotatable bonds is 9. The number of carboxylic acid groups (broad SMARTS) is 1. The van der Waals surface area contributed by atoms with Crippen molar-refractivity contribution < 1.29 is 19.5 Å². The van der Waals surface area contributed by atoms with Gasteiger partial charge in [0, 0.05) is 12.2 Å². The van der Waals surface area contributed by atoms with E-state index in [1.54, 1.807) is 0 Å². The van der Waals surface area contributed by atoms with Gasteiger partial charge in [-0.25, -0.2) is 0 Å². The van der Waals surface area contributed by atoms with Crippen LogP contribution in [0.4, 0.5) is 0 Å². The van der Waals surface area contributed by atoms with Crippen LogP contribution in [-0.2, 0) is 14.4 Å². The molecule has 21 heavy (non-hydrogen) atoms. The summed E-state index contributed by atoms with van der Waals surface area (Å²) in [5.74, 6) is -2.22. The van der Waals surface area contributed by atoms with E-state index < -0.39 is 29.4 Å². The molecule has 2 atom stereocenters. The zero-order valence-corrected chi connectivity index (χ0v) is 12.2. The topological polar surface area (TPSA) is 127 Å². The number of hydrogen-bond donors (Lipinski definition) is 3. The second-order valence-corrected chi connectivity index (χ2v) is 5.28. The summed E-state index contributed by atoms with van der Waals surface area (Å²) in [4.78, 5) is 36.3. The maximum absolute atomic E-state index is 11.9. The van der Waals surface area contributed by atoms with Gasteiger partial charge in [-0.3, -0.25) is 19.3 Å². The molecular formula is C14H23N3O4. The van der Waals surface area contributed by atoms with Crippen LogP contribution in [0.25, 0.3) is 0 Å². The van der Waals surface area contributed by atoms with E-state index in [4.69, 9.17) is 11.5 Å². The van der Waals surface area contributed by atoms with Crippen molar-refractivity contribution in [3.8, 4) is 0 Å². The Bertz CT molecular complexity index is 432. The fourth-order valence-corrected chi connectivity index (χ4v) is 2.59. The minimum Gasteiger partial charge on any atom is -0.480 e. The van der Waals surface area contributed by atoms with Crippen molar-refractivity contribution in [3.05, 3.63) is 12.2 Å². The van der Waals surface area contributed by atoms with E-state index in [2.05, 4.69) is 0 Å². The molecule has 0 aliphatic carbocycles. The molecule has 0 saturated heterocycles. The summed E-state index contributed by atoms with van der Waals surface area (Å²) >= 11 is 0. The van der Waals surface area contributed by atoms with Gasteiger partial charge in [-0.05, 0) is 32.2 Å². The molecular weight excluding hydrogens is 274 g/mol. The largest absolute Gasteiger partial charge is 0.480 e. The Morgan fingerprint density at radius 1 is 1.33 bits per heavy atom. The molecule has 2 unspecified atom stereocenters. The normalized spacial score (nSPS) is 18.9. The average molecular weight is 297 g/mol. The van der Waals surface area contributed by atoms with E-state index in [-0.39, 0.29) is 6.42 Å². The molecule has 0 fully saturated rings. The molecule has 0 aromatic carbocycles. The molecule has 0 bridgehead atoms. The van der Waals surface area contributed by atoms with Crippen LogP contribution < -0.4 is 11.5 Å². The molecule has 1 aliphatic heterocycles. The first-order valence-corrected chi connectivity index (χ1v) is 7.16. The lowest BCUT2D eigenvalue weighted by atomic mass is 9.82. The SMILES string of the molecule is CCCC(N1C(=O)C=CC1=O)C(N)(CCCCN)C(=O)O. The Labute approximate surface area is 124 Å². The minimum atomic E-state index is -1.65. The zero-order valence-electron chi connectivity index (χ0n) is 12.2. The zero-order chi connectivity index (χ0) is 16.0. The van der Waals surface area contributed by atoms with Gasteiger partial charge in [0.15, 0.2) is 0 Å². The lowest BCUT2D eigenvalue weighted by Crippen LogP contribution is -2.64. The number of amides is 2. The van der Waals surface area contributed by atoms with Crippen LogP contribution in [0.2, 0.25) is 0 Å². The molecule has 0 aromatic rings. The molecule has 0 spiro atoms. The van der Waals surface area contributed by atoms with Crippen LogP contribution in [0.1, 0.15) is 39.0 Å². The Morgan fingerprint density at radius 3 is 2.33 bits per heavy atom. The maximum Gasteiger partial charge on any atom is 0.325 e. The summed E-state index contributed by atoms with van der Waals surface area (Å²) in [5.41, 5.74) is 9.87. The third-order valence-electron chi connectivity index (χ3n) is 3.75. The highest BCUT2D eigenvalue weighted by Gasteiger charge is 2.48. The van der Waals surface area contributed by atoms with E-state index in [0.29, 0.717) is 32.2 Å². The van der Waals surface area contributed by atoms with Crippen LogP contribution in [0.3, 0.4) is 0 Å². The highest BCUT2D eigenvalue weighted by molar-refractivity contribution is 6.13. The van der Waals surface area contributed by atoms with Gasteiger partial charge in [0.05, 0.1) is 6.04 Å². The predicted octanol–water partition coefficient (Wildman–Crippen LogP) is -0.00880. The van der Waals surface area contributed by atoms with Gasteiger partial charge in [0.2, 0.25) is 0 Å². The quantitative estimate of drug-likeness (QED) is 0.406. The molecule has 0 aromatic heterocycles. The van der Waals surface area contributed by atoms with Gasteiger partial charge in [0.1, 0.15) is 5.54 Å². The van der Waals surface area contributed by atoms with Crippen molar-refractivity contribution in [3.63, 3.8) is 0 Å². The first-order chi connectivity index (χ1) is 9.88. The van der Waals surface area contributed by atoms with Gasteiger partial charge >= 0.3 is 5.97 Å². The fraction of sp³-hybridized carbons (Fsp3) is 0.643. The van der Waals surface area contributed by atoms with Crippen molar-refractivity contribution in [1.82, 2.24) is 4.90 Å². The number of aliphatic carboxylic acids is 1. The number of carboxylic acids is 1. The molecule has 5 N–H and O–H groups in total. The number of imide groups is 1. The van der Waals surface area contributed by atoms with Crippen molar-refractivity contribution in [2.75, 3.05) is 6.54 Å². The highest BCUT2D eigenvalue weighted by Crippen LogP contribution is 2.27. The standard InChI is InChI=1S/C14H23N3O4/c1-2-5-10(17-11(18)6-7-12(17)19)14(16,13(20)21)8-3-4-9-15/h6-7,10H,2-5,8-9,15-16H2,1H3,(H,20,21). The third kappa shape index (κ3) is 3.68. The third-order valence-corrected chi connectivity index (χ3v) is 3.75. The smallest absolute Gasteiger partial charge is 0.325 e. The van der Waals surface area contributed by atoms with Gasteiger partial charge in [-0.1, -0.05) is 13.3 Å². The fourth-order valence-electron chi connectivity index (χ4n) is 2.59. The van der Waals surface area contributed by atoms with Gasteiger partial charge in [0.25, 0.3) is 11.8 Å². The number of carbonyl (C=O) groups excluding carboxylic acids is 2. The van der Waals surface area contributed by atoms with E-state index in [1.165, 1.54) is 0 Å². The molecule has 2 amide bonds. The number of nitrogens with zero attached hydrogens (tertiary/aromatic N) is 1. The number of nitrogens with two attached hydrogens (primary N) is 2. The maximum atomic E-state index is 11.9. The summed E-state index contributed by atoms with van der Waals surface area (Å²) in [6.07, 6.45) is 4.60. The van der Waals surface area contributed by atoms with Crippen LogP contribution >= 0.6 is 0 Å². The molecule has 1 rings (SSSR count). The first-order valence-electron chi connectivity index (χ1n) is 7.16. The number of unbranched alkanes of at least 4 members (excludes halogenated alkanes) is 1. The van der Waals surface area contributed by atoms with E-state index in [9.17, 15) is 19.5 Å². The van der Waals surface area contributed by atoms with Crippen LogP contribution in [-0.4, -0.2) is 45.9 Å². The second kappa shape index (κ2) is 7.33. The van der Waals surface area contributed by atoms with Crippen LogP contribution in [0.5, 0.6) is 0 Å². The van der Waals surface area contributed by atoms with Gasteiger partial charge in [-0.2, -0.15) is 0 Å². The Kier molecular flexibility index (Phi) is 6.04. The van der Waals surface area contributed by atoms with Crippen molar-refractivity contribution in [2.45, 2.75) is 50.6 Å². The van der Waals surface area contributed by atoms with Crippen LogP contribution in [0.15, 0.2) is 12.2 Å². The summed E-state index contributed by atoms with van der Waals surface area (Å²) in [6.45, 7) is 2.30. The summed E-state index contributed by atoms with van der Waals surface area (Å²) in [6, 6.07) is -0.854. The van der Waals surface area contributed by atoms with E-state index in [1.807, 2.05) is 6.92 Å². The van der Waals surface area contributed by atoms with Crippen molar-refractivity contribution in [2.24, 2.45) is 11.5 Å². The lowest BCUT2D eigenvalue weighted by Gasteiger charge is -2.38.